The van der Waals surface area contributed by atoms with Gasteiger partial charge in [0.05, 0.1) is 11.4 Å². The summed E-state index contributed by atoms with van der Waals surface area (Å²) in [4.78, 5) is 4.10. The van der Waals surface area contributed by atoms with Gasteiger partial charge in [-0.05, 0) is 25.1 Å². The van der Waals surface area contributed by atoms with E-state index in [9.17, 15) is 0 Å². The molecule has 1 rings (SSSR count). The molecule has 0 saturated carbocycles. The van der Waals surface area contributed by atoms with Gasteiger partial charge < -0.3 is 5.32 Å². The molecule has 0 bridgehead atoms. The van der Waals surface area contributed by atoms with E-state index in [0.717, 1.165) is 24.4 Å². The molecule has 2 nitrogen and oxygen atoms in total. The van der Waals surface area contributed by atoms with Crippen molar-refractivity contribution in [2.75, 3.05) is 6.54 Å². The van der Waals surface area contributed by atoms with Crippen LogP contribution in [0.15, 0.2) is 29.0 Å². The molecule has 0 radical (unpaired) electrons. The summed E-state index contributed by atoms with van der Waals surface area (Å²) in [5.74, 6) is 1.16. The molecule has 0 aliphatic carbocycles. The lowest BCUT2D eigenvalue weighted by atomic mass is 9.86. The van der Waals surface area contributed by atoms with Crippen molar-refractivity contribution in [2.45, 2.75) is 20.3 Å². The molecule has 0 aromatic rings. The van der Waals surface area contributed by atoms with Crippen molar-refractivity contribution in [3.8, 4) is 0 Å². The molecule has 72 valence electrons. The highest BCUT2D eigenvalue weighted by molar-refractivity contribution is 5.35. The van der Waals surface area contributed by atoms with Gasteiger partial charge in [-0.2, -0.15) is 0 Å². The van der Waals surface area contributed by atoms with E-state index >= 15 is 0 Å². The second-order valence-electron chi connectivity index (χ2n) is 3.73. The van der Waals surface area contributed by atoms with Gasteiger partial charge in [0.25, 0.3) is 0 Å². The van der Waals surface area contributed by atoms with E-state index in [4.69, 9.17) is 0 Å². The Morgan fingerprint density at radius 1 is 1.62 bits per heavy atom. The fourth-order valence-electron chi connectivity index (χ4n) is 1.82. The molecule has 0 aromatic carbocycles. The average molecular weight is 178 g/mol. The molecular formula is C11H18N2. The van der Waals surface area contributed by atoms with Gasteiger partial charge in [-0.3, -0.25) is 4.99 Å². The summed E-state index contributed by atoms with van der Waals surface area (Å²) in [6.07, 6.45) is 2.97. The van der Waals surface area contributed by atoms with Crippen LogP contribution in [0.4, 0.5) is 0 Å². The lowest BCUT2D eigenvalue weighted by molar-refractivity contribution is 0.386. The zero-order valence-electron chi connectivity index (χ0n) is 8.51. The van der Waals surface area contributed by atoms with E-state index in [1.807, 2.05) is 6.08 Å². The second kappa shape index (κ2) is 4.26. The molecule has 0 fully saturated rings. The maximum atomic E-state index is 4.10. The highest BCUT2D eigenvalue weighted by Gasteiger charge is 2.23. The average Bonchev–Trinajstić information content (AvgIpc) is 2.16. The van der Waals surface area contributed by atoms with Crippen molar-refractivity contribution in [2.24, 2.45) is 16.8 Å². The summed E-state index contributed by atoms with van der Waals surface area (Å²) < 4.78 is 0. The first-order valence-electron chi connectivity index (χ1n) is 4.78. The Morgan fingerprint density at radius 2 is 2.31 bits per heavy atom. The number of nitrogens with zero attached hydrogens (tertiary/aromatic N) is 1. The number of hydrogen-bond acceptors (Lipinski definition) is 2. The van der Waals surface area contributed by atoms with Crippen LogP contribution in [0.5, 0.6) is 0 Å². The van der Waals surface area contributed by atoms with Crippen LogP contribution in [0, 0.1) is 11.8 Å². The monoisotopic (exact) mass is 178 g/mol. The van der Waals surface area contributed by atoms with E-state index < -0.39 is 0 Å². The predicted molar refractivity (Wildman–Crippen MR) is 57.7 cm³/mol. The third-order valence-electron chi connectivity index (χ3n) is 2.58. The SMILES string of the molecule is C=CC1=C(N=C)C(C(C)C)CCN1. The molecule has 2 heteroatoms. The Labute approximate surface area is 80.4 Å². The maximum absolute atomic E-state index is 4.10. The lowest BCUT2D eigenvalue weighted by Gasteiger charge is -2.28. The summed E-state index contributed by atoms with van der Waals surface area (Å²) >= 11 is 0. The van der Waals surface area contributed by atoms with Crippen molar-refractivity contribution in [3.05, 3.63) is 24.0 Å². The molecule has 1 aliphatic heterocycles. The first-order valence-corrected chi connectivity index (χ1v) is 4.78. The van der Waals surface area contributed by atoms with Crippen LogP contribution in [-0.4, -0.2) is 13.3 Å². The van der Waals surface area contributed by atoms with Crippen LogP contribution in [0.3, 0.4) is 0 Å². The number of nitrogens with one attached hydrogen (secondary N) is 1. The van der Waals surface area contributed by atoms with Gasteiger partial charge in [-0.1, -0.05) is 20.4 Å². The topological polar surface area (TPSA) is 24.4 Å². The Kier molecular flexibility index (Phi) is 3.29. The van der Waals surface area contributed by atoms with Crippen LogP contribution in [0.2, 0.25) is 0 Å². The summed E-state index contributed by atoms with van der Waals surface area (Å²) in [7, 11) is 0. The molecule has 0 saturated heterocycles. The zero-order chi connectivity index (χ0) is 9.84. The molecule has 1 aliphatic rings. The number of hydrogen-bond donors (Lipinski definition) is 1. The van der Waals surface area contributed by atoms with Gasteiger partial charge in [-0.15, -0.1) is 0 Å². The van der Waals surface area contributed by atoms with Gasteiger partial charge in [-0.25, -0.2) is 0 Å². The van der Waals surface area contributed by atoms with Crippen molar-refractivity contribution in [1.82, 2.24) is 5.32 Å². The summed E-state index contributed by atoms with van der Waals surface area (Å²) in [5.41, 5.74) is 2.14. The van der Waals surface area contributed by atoms with E-state index in [-0.39, 0.29) is 0 Å². The van der Waals surface area contributed by atoms with E-state index in [1.165, 1.54) is 0 Å². The summed E-state index contributed by atoms with van der Waals surface area (Å²) in [6, 6.07) is 0. The van der Waals surface area contributed by atoms with Crippen LogP contribution < -0.4 is 5.32 Å². The van der Waals surface area contributed by atoms with Gasteiger partial charge >= 0.3 is 0 Å². The van der Waals surface area contributed by atoms with Crippen LogP contribution >= 0.6 is 0 Å². The molecule has 0 spiro atoms. The second-order valence-corrected chi connectivity index (χ2v) is 3.73. The van der Waals surface area contributed by atoms with Crippen molar-refractivity contribution >= 4 is 6.72 Å². The fraction of sp³-hybridized carbons (Fsp3) is 0.545. The normalized spacial score (nSPS) is 22.8. The minimum absolute atomic E-state index is 0.534. The van der Waals surface area contributed by atoms with Crippen molar-refractivity contribution < 1.29 is 0 Å². The summed E-state index contributed by atoms with van der Waals surface area (Å²) in [6.45, 7) is 12.9. The quantitative estimate of drug-likeness (QED) is 0.659. The first-order chi connectivity index (χ1) is 6.20. The van der Waals surface area contributed by atoms with E-state index in [1.54, 1.807) is 0 Å². The number of rotatable bonds is 3. The van der Waals surface area contributed by atoms with Crippen molar-refractivity contribution in [3.63, 3.8) is 0 Å². The van der Waals surface area contributed by atoms with Crippen molar-refractivity contribution in [1.29, 1.82) is 0 Å². The van der Waals surface area contributed by atoms with Gasteiger partial charge in [0.1, 0.15) is 0 Å². The largest absolute Gasteiger partial charge is 0.384 e. The zero-order valence-corrected chi connectivity index (χ0v) is 8.51. The minimum Gasteiger partial charge on any atom is -0.384 e. The van der Waals surface area contributed by atoms with Gasteiger partial charge in [0.15, 0.2) is 0 Å². The van der Waals surface area contributed by atoms with E-state index in [0.29, 0.717) is 11.8 Å². The maximum Gasteiger partial charge on any atom is 0.0661 e. The summed E-state index contributed by atoms with van der Waals surface area (Å²) in [5, 5.41) is 3.28. The Hall–Kier alpha value is -1.05. The Bertz CT molecular complexity index is 238. The molecule has 13 heavy (non-hydrogen) atoms. The van der Waals surface area contributed by atoms with Crippen LogP contribution in [-0.2, 0) is 0 Å². The molecular weight excluding hydrogens is 160 g/mol. The molecule has 1 N–H and O–H groups in total. The highest BCUT2D eigenvalue weighted by atomic mass is 14.9. The van der Waals surface area contributed by atoms with Crippen LogP contribution in [0.1, 0.15) is 20.3 Å². The molecule has 0 amide bonds. The van der Waals surface area contributed by atoms with Gasteiger partial charge in [0.2, 0.25) is 0 Å². The highest BCUT2D eigenvalue weighted by Crippen LogP contribution is 2.29. The fourth-order valence-corrected chi connectivity index (χ4v) is 1.82. The lowest BCUT2D eigenvalue weighted by Crippen LogP contribution is -2.28. The third kappa shape index (κ3) is 2.00. The third-order valence-corrected chi connectivity index (χ3v) is 2.58. The molecule has 1 atom stereocenters. The number of allylic oxidation sites excluding steroid dienone is 2. The molecule has 1 unspecified atom stereocenters. The standard InChI is InChI=1S/C11H18N2/c1-5-10-11(12-4)9(8(2)3)6-7-13-10/h5,8-9,13H,1,4,6-7H2,2-3H3. The van der Waals surface area contributed by atoms with Gasteiger partial charge in [0, 0.05) is 12.5 Å². The molecule has 1 heterocycles. The Morgan fingerprint density at radius 3 is 2.77 bits per heavy atom. The number of aliphatic imine (C=N–C) groups is 1. The van der Waals surface area contributed by atoms with E-state index in [2.05, 4.69) is 37.5 Å². The van der Waals surface area contributed by atoms with Crippen LogP contribution in [0.25, 0.3) is 0 Å². The predicted octanol–water partition coefficient (Wildman–Crippen LogP) is 2.35. The first kappa shape index (κ1) is 10.0. The Balaban J connectivity index is 2.98. The smallest absolute Gasteiger partial charge is 0.0661 e. The molecule has 0 aromatic heterocycles. The minimum atomic E-state index is 0.534.